The van der Waals surface area contributed by atoms with Crippen LogP contribution in [0, 0.1) is 0 Å². The van der Waals surface area contributed by atoms with Crippen molar-refractivity contribution >= 4 is 33.2 Å². The van der Waals surface area contributed by atoms with E-state index < -0.39 is 0 Å². The van der Waals surface area contributed by atoms with Crippen LogP contribution in [0.2, 0.25) is 5.02 Å². The third-order valence-corrected chi connectivity index (χ3v) is 5.63. The zero-order chi connectivity index (χ0) is 14.9. The summed E-state index contributed by atoms with van der Waals surface area (Å²) < 4.78 is 0.966. The number of anilines is 1. The summed E-state index contributed by atoms with van der Waals surface area (Å²) in [4.78, 5) is 0. The van der Waals surface area contributed by atoms with Crippen LogP contribution >= 0.6 is 27.5 Å². The van der Waals surface area contributed by atoms with Crippen molar-refractivity contribution in [2.75, 3.05) is 5.32 Å². The maximum atomic E-state index is 6.19. The van der Waals surface area contributed by atoms with Gasteiger partial charge in [-0.15, -0.1) is 0 Å². The van der Waals surface area contributed by atoms with E-state index in [1.165, 1.54) is 70.6 Å². The topological polar surface area (TPSA) is 12.0 Å². The number of nitrogens with one attached hydrogen (secondary N) is 1. The van der Waals surface area contributed by atoms with E-state index in [9.17, 15) is 0 Å². The van der Waals surface area contributed by atoms with Gasteiger partial charge in [-0.1, -0.05) is 69.4 Å². The highest BCUT2D eigenvalue weighted by Crippen LogP contribution is 2.27. The highest BCUT2D eigenvalue weighted by Gasteiger charge is 2.10. The van der Waals surface area contributed by atoms with E-state index in [2.05, 4.69) is 27.3 Å². The third kappa shape index (κ3) is 6.61. The van der Waals surface area contributed by atoms with Crippen molar-refractivity contribution in [3.8, 4) is 0 Å². The molecular weight excluding hydrogens is 346 g/mol. The minimum Gasteiger partial charge on any atom is -0.382 e. The van der Waals surface area contributed by atoms with E-state index in [0.29, 0.717) is 6.04 Å². The molecule has 0 heterocycles. The quantitative estimate of drug-likeness (QED) is 0.579. The second kappa shape index (κ2) is 9.74. The van der Waals surface area contributed by atoms with E-state index in [4.69, 9.17) is 11.6 Å². The smallest absolute Gasteiger partial charge is 0.0568 e. The summed E-state index contributed by atoms with van der Waals surface area (Å²) >= 11 is 9.64. The zero-order valence-electron chi connectivity index (χ0n) is 12.8. The minimum absolute atomic E-state index is 0.599. The van der Waals surface area contributed by atoms with Crippen LogP contribution in [0.25, 0.3) is 0 Å². The van der Waals surface area contributed by atoms with E-state index in [0.717, 1.165) is 15.2 Å². The maximum Gasteiger partial charge on any atom is 0.0568 e. The van der Waals surface area contributed by atoms with Gasteiger partial charge in [0.15, 0.2) is 0 Å². The molecule has 0 aliphatic heterocycles. The van der Waals surface area contributed by atoms with Crippen LogP contribution in [-0.4, -0.2) is 6.04 Å². The second-order valence-electron chi connectivity index (χ2n) is 6.23. The van der Waals surface area contributed by atoms with Crippen LogP contribution in [0.5, 0.6) is 0 Å². The highest BCUT2D eigenvalue weighted by molar-refractivity contribution is 9.10. The summed E-state index contributed by atoms with van der Waals surface area (Å²) in [6.07, 6.45) is 15.2. The number of hydrogen-bond donors (Lipinski definition) is 1. The largest absolute Gasteiger partial charge is 0.382 e. The van der Waals surface area contributed by atoms with Crippen LogP contribution in [0.1, 0.15) is 70.6 Å². The summed E-state index contributed by atoms with van der Waals surface area (Å²) in [6, 6.07) is 6.77. The van der Waals surface area contributed by atoms with E-state index in [1.54, 1.807) is 0 Å². The molecule has 1 N–H and O–H groups in total. The number of rotatable bonds is 2. The van der Waals surface area contributed by atoms with Gasteiger partial charge in [0.1, 0.15) is 0 Å². The molecule has 0 radical (unpaired) electrons. The van der Waals surface area contributed by atoms with Gasteiger partial charge in [-0.05, 0) is 47.0 Å². The van der Waals surface area contributed by atoms with Crippen LogP contribution in [0.15, 0.2) is 22.7 Å². The maximum absolute atomic E-state index is 6.19. The summed E-state index contributed by atoms with van der Waals surface area (Å²) in [5, 5.41) is 4.48. The molecule has 118 valence electrons. The predicted octanol–water partition coefficient (Wildman–Crippen LogP) is 7.19. The SMILES string of the molecule is Clc1cc(NC2CCCCCCCCCCC2)ccc1Br. The number of halogens is 2. The molecule has 1 aromatic rings. The monoisotopic (exact) mass is 371 g/mol. The fourth-order valence-electron chi connectivity index (χ4n) is 3.13. The Morgan fingerprint density at radius 3 is 1.90 bits per heavy atom. The first kappa shape index (κ1) is 17.1. The Kier molecular flexibility index (Phi) is 7.95. The standard InChI is InChI=1S/C18H27BrClN/c19-17-13-12-16(14-18(17)20)21-15-10-8-6-4-2-1-3-5-7-9-11-15/h12-15,21H,1-11H2. The lowest BCUT2D eigenvalue weighted by Gasteiger charge is -2.21. The molecule has 0 atom stereocenters. The predicted molar refractivity (Wildman–Crippen MR) is 97.3 cm³/mol. The first-order valence-corrected chi connectivity index (χ1v) is 9.64. The van der Waals surface area contributed by atoms with Crippen molar-refractivity contribution in [3.63, 3.8) is 0 Å². The van der Waals surface area contributed by atoms with Gasteiger partial charge in [0.25, 0.3) is 0 Å². The summed E-state index contributed by atoms with van der Waals surface area (Å²) in [5.74, 6) is 0. The van der Waals surface area contributed by atoms with Gasteiger partial charge in [-0.2, -0.15) is 0 Å². The van der Waals surface area contributed by atoms with Gasteiger partial charge in [0.05, 0.1) is 5.02 Å². The van der Waals surface area contributed by atoms with Crippen molar-refractivity contribution in [2.45, 2.75) is 76.7 Å². The normalized spacial score (nSPS) is 19.5. The van der Waals surface area contributed by atoms with Crippen molar-refractivity contribution < 1.29 is 0 Å². The summed E-state index contributed by atoms with van der Waals surface area (Å²) in [5.41, 5.74) is 1.15. The Balaban J connectivity index is 1.88. The third-order valence-electron chi connectivity index (χ3n) is 4.40. The fourth-order valence-corrected chi connectivity index (χ4v) is 3.56. The molecule has 0 bridgehead atoms. The van der Waals surface area contributed by atoms with Gasteiger partial charge in [-0.3, -0.25) is 0 Å². The molecule has 0 amide bonds. The second-order valence-corrected chi connectivity index (χ2v) is 7.49. The van der Waals surface area contributed by atoms with Gasteiger partial charge < -0.3 is 5.32 Å². The van der Waals surface area contributed by atoms with Gasteiger partial charge in [0, 0.05) is 16.2 Å². The van der Waals surface area contributed by atoms with Crippen molar-refractivity contribution in [3.05, 3.63) is 27.7 Å². The van der Waals surface area contributed by atoms with Crippen LogP contribution in [0.3, 0.4) is 0 Å². The molecule has 0 spiro atoms. The van der Waals surface area contributed by atoms with Crippen LogP contribution in [-0.2, 0) is 0 Å². The average molecular weight is 373 g/mol. The average Bonchev–Trinajstić information content (AvgIpc) is 2.46. The zero-order valence-corrected chi connectivity index (χ0v) is 15.2. The first-order chi connectivity index (χ1) is 10.3. The Hall–Kier alpha value is -0.210. The van der Waals surface area contributed by atoms with Gasteiger partial charge >= 0.3 is 0 Å². The molecule has 0 unspecified atom stereocenters. The molecule has 21 heavy (non-hydrogen) atoms. The molecule has 1 nitrogen and oxygen atoms in total. The molecule has 1 aliphatic carbocycles. The van der Waals surface area contributed by atoms with E-state index >= 15 is 0 Å². The van der Waals surface area contributed by atoms with Crippen LogP contribution < -0.4 is 5.32 Å². The van der Waals surface area contributed by atoms with Gasteiger partial charge in [0.2, 0.25) is 0 Å². The molecular formula is C18H27BrClN. The minimum atomic E-state index is 0.599. The first-order valence-electron chi connectivity index (χ1n) is 8.47. The molecule has 0 aromatic heterocycles. The molecule has 1 aromatic carbocycles. The highest BCUT2D eigenvalue weighted by atomic mass is 79.9. The van der Waals surface area contributed by atoms with Crippen LogP contribution in [0.4, 0.5) is 5.69 Å². The van der Waals surface area contributed by atoms with Crippen molar-refractivity contribution in [2.24, 2.45) is 0 Å². The van der Waals surface area contributed by atoms with Crippen molar-refractivity contribution in [1.29, 1.82) is 0 Å². The number of hydrogen-bond acceptors (Lipinski definition) is 1. The Labute approximate surface area is 143 Å². The Morgan fingerprint density at radius 2 is 1.38 bits per heavy atom. The fraction of sp³-hybridized carbons (Fsp3) is 0.667. The Bertz CT molecular complexity index is 410. The molecule has 1 aliphatic rings. The molecule has 0 saturated heterocycles. The van der Waals surface area contributed by atoms with Crippen molar-refractivity contribution in [1.82, 2.24) is 0 Å². The lowest BCUT2D eigenvalue weighted by molar-refractivity contribution is 0.480. The van der Waals surface area contributed by atoms with E-state index in [-0.39, 0.29) is 0 Å². The summed E-state index contributed by atoms with van der Waals surface area (Å²) in [6.45, 7) is 0. The molecule has 1 saturated carbocycles. The number of benzene rings is 1. The lowest BCUT2D eigenvalue weighted by Crippen LogP contribution is -2.19. The van der Waals surface area contributed by atoms with Gasteiger partial charge in [-0.25, -0.2) is 0 Å². The van der Waals surface area contributed by atoms with E-state index in [1.807, 2.05) is 12.1 Å². The molecule has 1 fully saturated rings. The molecule has 3 heteroatoms. The lowest BCUT2D eigenvalue weighted by atomic mass is 9.98. The summed E-state index contributed by atoms with van der Waals surface area (Å²) in [7, 11) is 0. The molecule has 2 rings (SSSR count). The Morgan fingerprint density at radius 1 is 0.857 bits per heavy atom.